The Morgan fingerprint density at radius 1 is 1.15 bits per heavy atom. The minimum atomic E-state index is -3.58. The zero-order valence-corrected chi connectivity index (χ0v) is 18.3. The Hall–Kier alpha value is -1.61. The van der Waals surface area contributed by atoms with Crippen LogP contribution in [-0.2, 0) is 14.8 Å². The van der Waals surface area contributed by atoms with E-state index in [1.54, 1.807) is 12.1 Å². The minimum absolute atomic E-state index is 0.243. The van der Waals surface area contributed by atoms with Crippen molar-refractivity contribution in [1.29, 1.82) is 0 Å². The van der Waals surface area contributed by atoms with E-state index in [2.05, 4.69) is 41.8 Å². The van der Waals surface area contributed by atoms with Crippen molar-refractivity contribution < 1.29 is 13.2 Å². The smallest absolute Gasteiger partial charge is 0.245 e. The van der Waals surface area contributed by atoms with Gasteiger partial charge in [-0.25, -0.2) is 8.42 Å². The van der Waals surface area contributed by atoms with E-state index in [9.17, 15) is 13.2 Å². The maximum Gasteiger partial charge on any atom is 0.245 e. The van der Waals surface area contributed by atoms with E-state index in [0.717, 1.165) is 30.9 Å². The van der Waals surface area contributed by atoms with E-state index >= 15 is 0 Å². The van der Waals surface area contributed by atoms with Crippen molar-refractivity contribution in [1.82, 2.24) is 0 Å². The Kier molecular flexibility index (Phi) is 6.68. The second-order valence-corrected chi connectivity index (χ2v) is 9.64. The Morgan fingerprint density at radius 3 is 2.31 bits per heavy atom. The van der Waals surface area contributed by atoms with Crippen LogP contribution in [0.5, 0.6) is 0 Å². The predicted octanol–water partition coefficient (Wildman–Crippen LogP) is 4.13. The minimum Gasteiger partial charge on any atom is -0.324 e. The fraction of sp³-hybridized carbons (Fsp3) is 0.316. The highest BCUT2D eigenvalue weighted by Crippen LogP contribution is 2.27. The zero-order chi connectivity index (χ0) is 19.5. The summed E-state index contributed by atoms with van der Waals surface area (Å²) in [5, 5.41) is 2.90. The molecule has 26 heavy (non-hydrogen) atoms. The molecule has 1 N–H and O–H groups in total. The van der Waals surface area contributed by atoms with Crippen molar-refractivity contribution in [3.05, 3.63) is 57.2 Å². The number of nitrogens with one attached hydrogen (secondary N) is 1. The Labute approximate surface area is 169 Å². The summed E-state index contributed by atoms with van der Waals surface area (Å²) in [6.07, 6.45) is 1.10. The van der Waals surface area contributed by atoms with Gasteiger partial charge in [0.05, 0.1) is 11.9 Å². The number of para-hydroxylation sites is 1. The van der Waals surface area contributed by atoms with E-state index in [1.807, 2.05) is 37.3 Å². The largest absolute Gasteiger partial charge is 0.324 e. The van der Waals surface area contributed by atoms with E-state index < -0.39 is 10.0 Å². The normalized spacial score (nSPS) is 11.5. The van der Waals surface area contributed by atoms with Crippen LogP contribution >= 0.6 is 22.6 Å². The molecule has 2 rings (SSSR count). The Balaban J connectivity index is 2.28. The van der Waals surface area contributed by atoms with E-state index in [1.165, 1.54) is 0 Å². The van der Waals surface area contributed by atoms with Gasteiger partial charge in [0.25, 0.3) is 0 Å². The molecule has 0 atom stereocenters. The van der Waals surface area contributed by atoms with Gasteiger partial charge in [0.1, 0.15) is 6.54 Å². The lowest BCUT2D eigenvalue weighted by Crippen LogP contribution is -2.37. The van der Waals surface area contributed by atoms with E-state index in [4.69, 9.17) is 0 Å². The average molecular weight is 486 g/mol. The van der Waals surface area contributed by atoms with Crippen molar-refractivity contribution in [3.63, 3.8) is 0 Å². The molecule has 140 valence electrons. The van der Waals surface area contributed by atoms with Crippen LogP contribution in [-0.4, -0.2) is 27.1 Å². The Bertz CT molecular complexity index is 894. The summed E-state index contributed by atoms with van der Waals surface area (Å²) in [6.45, 7) is 5.76. The summed E-state index contributed by atoms with van der Waals surface area (Å²) in [7, 11) is -3.58. The summed E-state index contributed by atoms with van der Waals surface area (Å²) in [4.78, 5) is 12.6. The van der Waals surface area contributed by atoms with Gasteiger partial charge in [-0.2, -0.15) is 0 Å². The molecule has 0 unspecified atom stereocenters. The van der Waals surface area contributed by atoms with Crippen LogP contribution in [0.2, 0.25) is 0 Å². The lowest BCUT2D eigenvalue weighted by atomic mass is 9.98. The number of carbonyl (C=O) groups excluding carboxylic acids is 1. The van der Waals surface area contributed by atoms with Gasteiger partial charge in [-0.1, -0.05) is 32.0 Å². The van der Waals surface area contributed by atoms with Crippen LogP contribution in [0.1, 0.15) is 30.9 Å². The summed E-state index contributed by atoms with van der Waals surface area (Å²) < 4.78 is 26.5. The van der Waals surface area contributed by atoms with Crippen LogP contribution in [0.15, 0.2) is 42.5 Å². The Morgan fingerprint density at radius 2 is 1.77 bits per heavy atom. The molecule has 0 bridgehead atoms. The van der Waals surface area contributed by atoms with Crippen LogP contribution in [0.25, 0.3) is 0 Å². The number of rotatable bonds is 6. The molecule has 0 aliphatic carbocycles. The molecule has 0 fully saturated rings. The molecule has 7 heteroatoms. The van der Waals surface area contributed by atoms with Crippen molar-refractivity contribution in [2.75, 3.05) is 22.4 Å². The number of hydrogen-bond acceptors (Lipinski definition) is 3. The van der Waals surface area contributed by atoms with Crippen LogP contribution < -0.4 is 9.62 Å². The van der Waals surface area contributed by atoms with E-state index in [0.29, 0.717) is 5.69 Å². The number of carbonyl (C=O) groups is 1. The standard InChI is InChI=1S/C19H23IN2O3S/c1-13(2)17-7-5-6-14(3)19(17)21-18(23)12-22(26(4,24)25)16-10-8-15(20)9-11-16/h5-11,13H,12H2,1-4H3,(H,21,23). The fourth-order valence-electron chi connectivity index (χ4n) is 2.66. The molecular weight excluding hydrogens is 463 g/mol. The van der Waals surface area contributed by atoms with Gasteiger partial charge in [0.15, 0.2) is 0 Å². The molecule has 0 aromatic heterocycles. The molecule has 0 saturated carbocycles. The SMILES string of the molecule is Cc1cccc(C(C)C)c1NC(=O)CN(c1ccc(I)cc1)S(C)(=O)=O. The zero-order valence-electron chi connectivity index (χ0n) is 15.3. The molecule has 0 saturated heterocycles. The quantitative estimate of drug-likeness (QED) is 0.625. The highest BCUT2D eigenvalue weighted by Gasteiger charge is 2.22. The maximum atomic E-state index is 12.6. The third kappa shape index (κ3) is 5.20. The molecule has 1 amide bonds. The average Bonchev–Trinajstić information content (AvgIpc) is 2.54. The number of aryl methyl sites for hydroxylation is 1. The van der Waals surface area contributed by atoms with Crippen LogP contribution in [0, 0.1) is 10.5 Å². The fourth-order valence-corrected chi connectivity index (χ4v) is 3.88. The molecular formula is C19H23IN2O3S. The molecule has 0 aliphatic heterocycles. The van der Waals surface area contributed by atoms with Crippen molar-refractivity contribution in [2.24, 2.45) is 0 Å². The van der Waals surface area contributed by atoms with Crippen LogP contribution in [0.4, 0.5) is 11.4 Å². The first-order valence-corrected chi connectivity index (χ1v) is 11.1. The molecule has 0 heterocycles. The summed E-state index contributed by atoms with van der Waals surface area (Å²) in [5.74, 6) is -0.127. The molecule has 0 radical (unpaired) electrons. The molecule has 2 aromatic rings. The van der Waals surface area contributed by atoms with Gasteiger partial charge in [0, 0.05) is 9.26 Å². The maximum absolute atomic E-state index is 12.6. The van der Waals surface area contributed by atoms with Crippen molar-refractivity contribution >= 4 is 49.9 Å². The molecule has 2 aromatic carbocycles. The predicted molar refractivity (Wildman–Crippen MR) is 115 cm³/mol. The topological polar surface area (TPSA) is 66.5 Å². The lowest BCUT2D eigenvalue weighted by Gasteiger charge is -2.23. The highest BCUT2D eigenvalue weighted by atomic mass is 127. The molecule has 5 nitrogen and oxygen atoms in total. The molecule has 0 spiro atoms. The summed E-state index contributed by atoms with van der Waals surface area (Å²) in [5.41, 5.74) is 3.20. The number of nitrogens with zero attached hydrogens (tertiary/aromatic N) is 1. The number of benzene rings is 2. The van der Waals surface area contributed by atoms with Gasteiger partial charge in [0.2, 0.25) is 15.9 Å². The first-order chi connectivity index (χ1) is 12.1. The number of sulfonamides is 1. The number of anilines is 2. The molecule has 0 aliphatic rings. The second kappa shape index (κ2) is 8.39. The third-order valence-corrected chi connectivity index (χ3v) is 5.85. The van der Waals surface area contributed by atoms with Crippen molar-refractivity contribution in [2.45, 2.75) is 26.7 Å². The van der Waals surface area contributed by atoms with Gasteiger partial charge in [-0.15, -0.1) is 0 Å². The highest BCUT2D eigenvalue weighted by molar-refractivity contribution is 14.1. The first-order valence-electron chi connectivity index (χ1n) is 8.22. The van der Waals surface area contributed by atoms with E-state index in [-0.39, 0.29) is 18.4 Å². The van der Waals surface area contributed by atoms with Gasteiger partial charge < -0.3 is 5.32 Å². The summed E-state index contributed by atoms with van der Waals surface area (Å²) in [6, 6.07) is 12.9. The summed E-state index contributed by atoms with van der Waals surface area (Å²) >= 11 is 2.15. The lowest BCUT2D eigenvalue weighted by molar-refractivity contribution is -0.114. The monoisotopic (exact) mass is 486 g/mol. The third-order valence-electron chi connectivity index (χ3n) is 3.99. The van der Waals surface area contributed by atoms with Crippen LogP contribution in [0.3, 0.4) is 0 Å². The van der Waals surface area contributed by atoms with Gasteiger partial charge >= 0.3 is 0 Å². The number of amides is 1. The number of hydrogen-bond donors (Lipinski definition) is 1. The number of halogens is 1. The second-order valence-electron chi connectivity index (χ2n) is 6.49. The first kappa shape index (κ1) is 20.7. The van der Waals surface area contributed by atoms with Crippen molar-refractivity contribution in [3.8, 4) is 0 Å². The van der Waals surface area contributed by atoms with Gasteiger partial charge in [-0.3, -0.25) is 9.10 Å². The van der Waals surface area contributed by atoms with Gasteiger partial charge in [-0.05, 0) is 70.8 Å².